The summed E-state index contributed by atoms with van der Waals surface area (Å²) in [5.74, 6) is 0. The van der Waals surface area contributed by atoms with E-state index in [4.69, 9.17) is 4.42 Å². The molecule has 0 aliphatic rings. The first-order valence-electron chi connectivity index (χ1n) is 19.8. The first-order chi connectivity index (χ1) is 28.7. The van der Waals surface area contributed by atoms with Gasteiger partial charge in [-0.15, -0.1) is 0 Å². The Morgan fingerprint density at radius 1 is 0.293 bits per heavy atom. The van der Waals surface area contributed by atoms with Gasteiger partial charge in [-0.2, -0.15) is 0 Å². The summed E-state index contributed by atoms with van der Waals surface area (Å²) >= 11 is 0. The molecule has 0 bridgehead atoms. The number of hydrogen-bond donors (Lipinski definition) is 0. The maximum Gasteiger partial charge on any atom is 0.136 e. The van der Waals surface area contributed by atoms with Gasteiger partial charge < -0.3 is 9.32 Å². The van der Waals surface area contributed by atoms with Crippen molar-refractivity contribution in [1.82, 2.24) is 0 Å². The lowest BCUT2D eigenvalue weighted by Gasteiger charge is -2.28. The van der Waals surface area contributed by atoms with Crippen molar-refractivity contribution in [1.29, 1.82) is 0 Å². The van der Waals surface area contributed by atoms with Gasteiger partial charge in [-0.05, 0) is 115 Å². The fraction of sp³-hybridized carbons (Fsp3) is 0. The zero-order valence-corrected chi connectivity index (χ0v) is 31.7. The molecule has 2 nitrogen and oxygen atoms in total. The summed E-state index contributed by atoms with van der Waals surface area (Å²) in [6, 6.07) is 80.7. The van der Waals surface area contributed by atoms with Crippen molar-refractivity contribution in [3.05, 3.63) is 224 Å². The van der Waals surface area contributed by atoms with Crippen LogP contribution in [0.25, 0.3) is 88.0 Å². The summed E-state index contributed by atoms with van der Waals surface area (Å²) in [5, 5.41) is 7.19. The number of hydrogen-bond acceptors (Lipinski definition) is 2. The minimum Gasteiger partial charge on any atom is -0.456 e. The normalized spacial score (nSPS) is 11.4. The van der Waals surface area contributed by atoms with Gasteiger partial charge in [0.05, 0.1) is 5.69 Å². The van der Waals surface area contributed by atoms with E-state index in [1.807, 2.05) is 12.1 Å². The minimum atomic E-state index is 0.913. The fourth-order valence-corrected chi connectivity index (χ4v) is 8.64. The summed E-state index contributed by atoms with van der Waals surface area (Å²) in [4.78, 5) is 2.39. The molecule has 0 fully saturated rings. The largest absolute Gasteiger partial charge is 0.456 e. The van der Waals surface area contributed by atoms with Gasteiger partial charge in [0.15, 0.2) is 0 Å². The molecule has 10 aromatic carbocycles. The quantitative estimate of drug-likeness (QED) is 0.162. The first-order valence-corrected chi connectivity index (χ1v) is 19.8. The molecular weight excluding hydrogens is 703 g/mol. The van der Waals surface area contributed by atoms with Crippen molar-refractivity contribution >= 4 is 60.5 Å². The molecule has 0 atom stereocenters. The number of nitrogens with zero attached hydrogens (tertiary/aromatic N) is 1. The predicted octanol–water partition coefficient (Wildman–Crippen LogP) is 16.0. The highest BCUT2D eigenvalue weighted by molar-refractivity contribution is 6.19. The van der Waals surface area contributed by atoms with Crippen LogP contribution in [-0.4, -0.2) is 0 Å². The van der Waals surface area contributed by atoms with Gasteiger partial charge in [0, 0.05) is 27.7 Å². The van der Waals surface area contributed by atoms with Crippen LogP contribution in [0.2, 0.25) is 0 Å². The molecule has 11 rings (SSSR count). The summed E-state index contributed by atoms with van der Waals surface area (Å²) < 4.78 is 6.23. The molecule has 2 heteroatoms. The van der Waals surface area contributed by atoms with Gasteiger partial charge in [-0.1, -0.05) is 170 Å². The Bertz CT molecular complexity index is 3260. The highest BCUT2D eigenvalue weighted by Gasteiger charge is 2.19. The van der Waals surface area contributed by atoms with Crippen LogP contribution in [0.1, 0.15) is 0 Å². The summed E-state index contributed by atoms with van der Waals surface area (Å²) in [5.41, 5.74) is 14.6. The molecule has 58 heavy (non-hydrogen) atoms. The molecule has 1 heterocycles. The molecule has 0 saturated carbocycles. The van der Waals surface area contributed by atoms with Crippen LogP contribution in [0.3, 0.4) is 0 Å². The standard InChI is InChI=1S/C56H37NO/c1-2-12-38(13-3-1)39-24-30-46(31-25-39)57(47-32-26-40(27-33-47)42-16-10-17-43(36-42)49-21-11-15-41-14-4-5-18-48(41)49)53-22-8-6-19-50(53)44-28-34-51-45(37-44)29-35-55-56(51)52-20-7-9-23-54(52)58-55/h1-37H. The van der Waals surface area contributed by atoms with Crippen LogP contribution in [-0.2, 0) is 0 Å². The van der Waals surface area contributed by atoms with Crippen molar-refractivity contribution in [3.63, 3.8) is 0 Å². The van der Waals surface area contributed by atoms with Crippen LogP contribution in [0.4, 0.5) is 17.1 Å². The van der Waals surface area contributed by atoms with E-state index in [0.29, 0.717) is 0 Å². The monoisotopic (exact) mass is 739 g/mol. The zero-order valence-electron chi connectivity index (χ0n) is 31.7. The van der Waals surface area contributed by atoms with Crippen molar-refractivity contribution < 1.29 is 4.42 Å². The van der Waals surface area contributed by atoms with E-state index in [0.717, 1.165) is 50.1 Å². The molecule has 11 aromatic rings. The Balaban J connectivity index is 1.02. The zero-order chi connectivity index (χ0) is 38.4. The van der Waals surface area contributed by atoms with Gasteiger partial charge in [0.25, 0.3) is 0 Å². The van der Waals surface area contributed by atoms with Gasteiger partial charge in [0.2, 0.25) is 0 Å². The third kappa shape index (κ3) is 5.91. The van der Waals surface area contributed by atoms with Crippen LogP contribution >= 0.6 is 0 Å². The summed E-state index contributed by atoms with van der Waals surface area (Å²) in [6.45, 7) is 0. The Hall–Kier alpha value is -7.68. The number of rotatable bonds is 7. The SMILES string of the molecule is c1ccc(-c2ccc(N(c3ccc(-c4cccc(-c5cccc6ccccc56)c4)cc3)c3ccccc3-c3ccc4c(ccc5oc6ccccc6c54)c3)cc2)cc1. The molecule has 272 valence electrons. The number of furan rings is 1. The van der Waals surface area contributed by atoms with E-state index in [1.54, 1.807) is 0 Å². The molecule has 1 aromatic heterocycles. The lowest BCUT2D eigenvalue weighted by molar-refractivity contribution is 0.669. The van der Waals surface area contributed by atoms with Crippen molar-refractivity contribution in [2.75, 3.05) is 4.90 Å². The highest BCUT2D eigenvalue weighted by Crippen LogP contribution is 2.44. The molecule has 0 N–H and O–H groups in total. The molecule has 0 amide bonds. The molecule has 0 saturated heterocycles. The Labute approximate surface area is 337 Å². The topological polar surface area (TPSA) is 16.4 Å². The van der Waals surface area contributed by atoms with Crippen LogP contribution < -0.4 is 4.90 Å². The van der Waals surface area contributed by atoms with Crippen LogP contribution in [0.5, 0.6) is 0 Å². The van der Waals surface area contributed by atoms with Crippen molar-refractivity contribution in [2.45, 2.75) is 0 Å². The third-order valence-electron chi connectivity index (χ3n) is 11.5. The van der Waals surface area contributed by atoms with E-state index in [2.05, 4.69) is 217 Å². The van der Waals surface area contributed by atoms with E-state index in [-0.39, 0.29) is 0 Å². The minimum absolute atomic E-state index is 0.913. The highest BCUT2D eigenvalue weighted by atomic mass is 16.3. The van der Waals surface area contributed by atoms with Crippen LogP contribution in [0, 0.1) is 0 Å². The summed E-state index contributed by atoms with van der Waals surface area (Å²) in [7, 11) is 0. The second-order valence-corrected chi connectivity index (χ2v) is 14.9. The molecule has 0 aliphatic carbocycles. The van der Waals surface area contributed by atoms with Gasteiger partial charge in [0.1, 0.15) is 11.2 Å². The van der Waals surface area contributed by atoms with E-state index in [9.17, 15) is 0 Å². The van der Waals surface area contributed by atoms with Crippen molar-refractivity contribution in [3.8, 4) is 44.5 Å². The first kappa shape index (κ1) is 33.6. The van der Waals surface area contributed by atoms with Gasteiger partial charge in [-0.3, -0.25) is 0 Å². The number of fused-ring (bicyclic) bond motifs is 6. The lowest BCUT2D eigenvalue weighted by atomic mass is 9.95. The van der Waals surface area contributed by atoms with Gasteiger partial charge >= 0.3 is 0 Å². The maximum absolute atomic E-state index is 6.23. The Morgan fingerprint density at radius 3 is 1.69 bits per heavy atom. The second kappa shape index (κ2) is 14.1. The number of benzene rings is 10. The molecular formula is C56H37NO. The molecule has 0 spiro atoms. The smallest absolute Gasteiger partial charge is 0.136 e. The average molecular weight is 740 g/mol. The predicted molar refractivity (Wildman–Crippen MR) is 245 cm³/mol. The van der Waals surface area contributed by atoms with E-state index in [1.165, 1.54) is 54.9 Å². The lowest BCUT2D eigenvalue weighted by Crippen LogP contribution is -2.11. The molecule has 0 aliphatic heterocycles. The maximum atomic E-state index is 6.23. The summed E-state index contributed by atoms with van der Waals surface area (Å²) in [6.07, 6.45) is 0. The van der Waals surface area contributed by atoms with Gasteiger partial charge in [-0.25, -0.2) is 0 Å². The third-order valence-corrected chi connectivity index (χ3v) is 11.5. The Morgan fingerprint density at radius 2 is 0.862 bits per heavy atom. The molecule has 0 unspecified atom stereocenters. The van der Waals surface area contributed by atoms with E-state index < -0.39 is 0 Å². The number of anilines is 3. The number of para-hydroxylation sites is 2. The van der Waals surface area contributed by atoms with E-state index >= 15 is 0 Å². The van der Waals surface area contributed by atoms with Crippen molar-refractivity contribution in [2.24, 2.45) is 0 Å². The Kier molecular flexibility index (Phi) is 8.19. The second-order valence-electron chi connectivity index (χ2n) is 14.9. The molecule has 0 radical (unpaired) electrons. The fourth-order valence-electron chi connectivity index (χ4n) is 8.64. The van der Waals surface area contributed by atoms with Crippen LogP contribution in [0.15, 0.2) is 229 Å². The average Bonchev–Trinajstić information content (AvgIpc) is 3.69.